The molecule has 2 aromatic rings. The fraction of sp³-hybridized carbons (Fsp3) is 0.381. The summed E-state index contributed by atoms with van der Waals surface area (Å²) in [4.78, 5) is 13.0. The normalized spacial score (nSPS) is 15.3. The van der Waals surface area contributed by atoms with Crippen molar-refractivity contribution in [1.29, 1.82) is 0 Å². The van der Waals surface area contributed by atoms with Crippen molar-refractivity contribution >= 4 is 16.7 Å². The van der Waals surface area contributed by atoms with Gasteiger partial charge in [-0.25, -0.2) is 0 Å². The average molecular weight is 372 g/mol. The molecular formula is C21H25NO3S. The molecule has 4 nitrogen and oxygen atoms in total. The van der Waals surface area contributed by atoms with Gasteiger partial charge in [-0.05, 0) is 68.9 Å². The van der Waals surface area contributed by atoms with Crippen LogP contribution in [0.2, 0.25) is 0 Å². The number of carbonyl (C=O) groups is 1. The first-order chi connectivity index (χ1) is 12.6. The lowest BCUT2D eigenvalue weighted by Crippen LogP contribution is -2.24. The van der Waals surface area contributed by atoms with E-state index < -0.39 is 10.8 Å². The van der Waals surface area contributed by atoms with E-state index >= 15 is 0 Å². The van der Waals surface area contributed by atoms with Crippen molar-refractivity contribution in [2.45, 2.75) is 49.7 Å². The van der Waals surface area contributed by atoms with Crippen LogP contribution in [0, 0.1) is 6.92 Å². The molecule has 0 spiro atoms. The lowest BCUT2D eigenvalue weighted by atomic mass is 9.97. The first kappa shape index (κ1) is 18.6. The third-order valence-electron chi connectivity index (χ3n) is 4.53. The van der Waals surface area contributed by atoms with Gasteiger partial charge in [0, 0.05) is 11.4 Å². The molecular weight excluding hydrogens is 346 g/mol. The summed E-state index contributed by atoms with van der Waals surface area (Å²) in [6, 6.07) is 11.0. The number of furan rings is 1. The van der Waals surface area contributed by atoms with Crippen molar-refractivity contribution in [3.8, 4) is 0 Å². The van der Waals surface area contributed by atoms with Crippen molar-refractivity contribution in [2.24, 2.45) is 0 Å². The second kappa shape index (κ2) is 8.99. The van der Waals surface area contributed by atoms with Gasteiger partial charge in [0.05, 0.1) is 16.6 Å². The Kier molecular flexibility index (Phi) is 6.45. The molecule has 1 aromatic carbocycles. The Morgan fingerprint density at radius 1 is 1.23 bits per heavy atom. The first-order valence-electron chi connectivity index (χ1n) is 9.12. The molecule has 1 aromatic heterocycles. The molecule has 1 aliphatic carbocycles. The van der Waals surface area contributed by atoms with E-state index in [9.17, 15) is 9.00 Å². The molecule has 5 heteroatoms. The molecule has 26 heavy (non-hydrogen) atoms. The molecule has 0 bridgehead atoms. The molecule has 0 fully saturated rings. The van der Waals surface area contributed by atoms with Crippen molar-refractivity contribution < 1.29 is 13.4 Å². The summed E-state index contributed by atoms with van der Waals surface area (Å²) >= 11 is 0. The number of hydrogen-bond acceptors (Lipinski definition) is 3. The molecule has 0 saturated carbocycles. The molecule has 1 N–H and O–H groups in total. The van der Waals surface area contributed by atoms with Gasteiger partial charge >= 0.3 is 0 Å². The van der Waals surface area contributed by atoms with Crippen LogP contribution in [-0.4, -0.2) is 16.7 Å². The number of nitrogens with one attached hydrogen (secondary N) is 1. The van der Waals surface area contributed by atoms with E-state index in [-0.39, 0.29) is 17.4 Å². The maximum absolute atomic E-state index is 12.4. The molecule has 0 radical (unpaired) electrons. The summed E-state index contributed by atoms with van der Waals surface area (Å²) in [6.45, 7) is 2.59. The van der Waals surface area contributed by atoms with E-state index in [2.05, 4.69) is 11.4 Å². The standard InChI is InChI=1S/C21H25NO3S/c1-16-6-5-9-19(14-16)26(24)15-18-10-11-20(25-18)21(23)22-13-12-17-7-3-2-4-8-17/h5-7,9-11,14H,2-4,8,12-13,15H2,1H3,(H,22,23). The summed E-state index contributed by atoms with van der Waals surface area (Å²) in [7, 11) is -1.19. The third kappa shape index (κ3) is 5.18. The van der Waals surface area contributed by atoms with Crippen molar-refractivity contribution in [3.63, 3.8) is 0 Å². The fourth-order valence-corrected chi connectivity index (χ4v) is 4.23. The Balaban J connectivity index is 1.51. The monoisotopic (exact) mass is 371 g/mol. The van der Waals surface area contributed by atoms with E-state index in [4.69, 9.17) is 4.42 Å². The quantitative estimate of drug-likeness (QED) is 0.728. The molecule has 1 aliphatic rings. The second-order valence-electron chi connectivity index (χ2n) is 6.69. The lowest BCUT2D eigenvalue weighted by molar-refractivity contribution is 0.0925. The van der Waals surface area contributed by atoms with Crippen LogP contribution in [0.5, 0.6) is 0 Å². The van der Waals surface area contributed by atoms with Gasteiger partial charge in [0.1, 0.15) is 5.76 Å². The van der Waals surface area contributed by atoms with E-state index in [1.54, 1.807) is 12.1 Å². The summed E-state index contributed by atoms with van der Waals surface area (Å²) in [6.07, 6.45) is 8.01. The highest BCUT2D eigenvalue weighted by molar-refractivity contribution is 7.84. The fourth-order valence-electron chi connectivity index (χ4n) is 3.10. The third-order valence-corrected chi connectivity index (χ3v) is 5.85. The largest absolute Gasteiger partial charge is 0.455 e. The maximum Gasteiger partial charge on any atom is 0.287 e. The molecule has 1 unspecified atom stereocenters. The highest BCUT2D eigenvalue weighted by Crippen LogP contribution is 2.20. The number of allylic oxidation sites excluding steroid dienone is 1. The van der Waals surface area contributed by atoms with Crippen molar-refractivity contribution in [3.05, 3.63) is 65.1 Å². The van der Waals surface area contributed by atoms with Gasteiger partial charge in [-0.2, -0.15) is 0 Å². The van der Waals surface area contributed by atoms with Gasteiger partial charge in [-0.15, -0.1) is 0 Å². The van der Waals surface area contributed by atoms with Crippen LogP contribution in [-0.2, 0) is 16.6 Å². The Morgan fingerprint density at radius 3 is 2.88 bits per heavy atom. The smallest absolute Gasteiger partial charge is 0.287 e. The van der Waals surface area contributed by atoms with Gasteiger partial charge < -0.3 is 9.73 Å². The summed E-state index contributed by atoms with van der Waals surface area (Å²) in [5.41, 5.74) is 2.51. The van der Waals surface area contributed by atoms with Crippen LogP contribution in [0.25, 0.3) is 0 Å². The molecule has 3 rings (SSSR count). The number of amides is 1. The van der Waals surface area contributed by atoms with Crippen LogP contribution >= 0.6 is 0 Å². The van der Waals surface area contributed by atoms with E-state index in [1.807, 2.05) is 31.2 Å². The minimum absolute atomic E-state index is 0.214. The number of benzene rings is 1. The second-order valence-corrected chi connectivity index (χ2v) is 8.14. The predicted molar refractivity (Wildman–Crippen MR) is 104 cm³/mol. The molecule has 138 valence electrons. The molecule has 1 heterocycles. The molecule has 0 saturated heterocycles. The zero-order valence-electron chi connectivity index (χ0n) is 15.1. The highest BCUT2D eigenvalue weighted by Gasteiger charge is 2.14. The minimum atomic E-state index is -1.19. The molecule has 1 amide bonds. The van der Waals surface area contributed by atoms with Gasteiger partial charge in [-0.1, -0.05) is 23.8 Å². The Morgan fingerprint density at radius 2 is 2.12 bits per heavy atom. The molecule has 1 atom stereocenters. The van der Waals surface area contributed by atoms with Crippen molar-refractivity contribution in [1.82, 2.24) is 5.32 Å². The van der Waals surface area contributed by atoms with Crippen LogP contribution in [0.3, 0.4) is 0 Å². The van der Waals surface area contributed by atoms with Gasteiger partial charge in [0.2, 0.25) is 0 Å². The Labute approximate surface area is 157 Å². The van der Waals surface area contributed by atoms with Crippen LogP contribution < -0.4 is 5.32 Å². The van der Waals surface area contributed by atoms with Gasteiger partial charge in [0.15, 0.2) is 5.76 Å². The van der Waals surface area contributed by atoms with Crippen LogP contribution in [0.1, 0.15) is 54.0 Å². The predicted octanol–water partition coefficient (Wildman–Crippen LogP) is 4.52. The first-order valence-corrected chi connectivity index (χ1v) is 10.4. The minimum Gasteiger partial charge on any atom is -0.455 e. The maximum atomic E-state index is 12.4. The van der Waals surface area contributed by atoms with Gasteiger partial charge in [-0.3, -0.25) is 9.00 Å². The summed E-state index contributed by atoms with van der Waals surface area (Å²) < 4.78 is 18.0. The summed E-state index contributed by atoms with van der Waals surface area (Å²) in [5, 5.41) is 2.90. The summed E-state index contributed by atoms with van der Waals surface area (Å²) in [5.74, 6) is 0.890. The van der Waals surface area contributed by atoms with Gasteiger partial charge in [0.25, 0.3) is 5.91 Å². The zero-order valence-corrected chi connectivity index (χ0v) is 15.9. The SMILES string of the molecule is Cc1cccc(S(=O)Cc2ccc(C(=O)NCCC3=CCCCC3)o2)c1. The average Bonchev–Trinajstić information content (AvgIpc) is 3.11. The van der Waals surface area contributed by atoms with E-state index in [0.717, 1.165) is 29.7 Å². The number of hydrogen-bond donors (Lipinski definition) is 1. The zero-order chi connectivity index (χ0) is 18.4. The highest BCUT2D eigenvalue weighted by atomic mass is 32.2. The van der Waals surface area contributed by atoms with Crippen LogP contribution in [0.15, 0.2) is 57.4 Å². The lowest BCUT2D eigenvalue weighted by Gasteiger charge is -2.12. The number of aryl methyl sites for hydroxylation is 1. The van der Waals surface area contributed by atoms with E-state index in [1.165, 1.54) is 18.4 Å². The molecule has 0 aliphatic heterocycles. The number of rotatable bonds is 7. The Bertz CT molecular complexity index is 822. The topological polar surface area (TPSA) is 59.3 Å². The van der Waals surface area contributed by atoms with Crippen LogP contribution in [0.4, 0.5) is 0 Å². The number of carbonyl (C=O) groups excluding carboxylic acids is 1. The van der Waals surface area contributed by atoms with E-state index in [0.29, 0.717) is 12.3 Å². The van der Waals surface area contributed by atoms with Crippen molar-refractivity contribution in [2.75, 3.05) is 6.54 Å². The Hall–Kier alpha value is -2.14.